The zero-order chi connectivity index (χ0) is 15.6. The fraction of sp³-hybridized carbons (Fsp3) is 0.588. The summed E-state index contributed by atoms with van der Waals surface area (Å²) in [5, 5.41) is 6.24. The van der Waals surface area contributed by atoms with Crippen LogP contribution in [-0.4, -0.2) is 18.5 Å². The highest BCUT2D eigenvalue weighted by Gasteiger charge is 2.27. The van der Waals surface area contributed by atoms with Crippen molar-refractivity contribution >= 4 is 11.6 Å². The van der Waals surface area contributed by atoms with E-state index in [1.165, 1.54) is 0 Å². The van der Waals surface area contributed by atoms with Crippen LogP contribution >= 0.6 is 0 Å². The zero-order valence-corrected chi connectivity index (χ0v) is 13.8. The summed E-state index contributed by atoms with van der Waals surface area (Å²) in [6.07, 6.45) is 0.930. The molecule has 1 aromatic rings. The lowest BCUT2D eigenvalue weighted by Crippen LogP contribution is -2.45. The van der Waals surface area contributed by atoms with Gasteiger partial charge in [0.05, 0.1) is 0 Å². The molecule has 0 unspecified atom stereocenters. The summed E-state index contributed by atoms with van der Waals surface area (Å²) >= 11 is 0. The van der Waals surface area contributed by atoms with Crippen LogP contribution in [0.2, 0.25) is 0 Å². The van der Waals surface area contributed by atoms with Crippen LogP contribution in [0, 0.1) is 12.3 Å². The Hall–Kier alpha value is -1.51. The van der Waals surface area contributed by atoms with Crippen molar-refractivity contribution < 1.29 is 4.79 Å². The van der Waals surface area contributed by atoms with Gasteiger partial charge in [-0.15, -0.1) is 0 Å². The molecule has 0 aliphatic carbocycles. The highest BCUT2D eigenvalue weighted by molar-refractivity contribution is 5.95. The predicted octanol–water partition coefficient (Wildman–Crippen LogP) is 3.98. The molecule has 0 bridgehead atoms. The van der Waals surface area contributed by atoms with Gasteiger partial charge in [0.15, 0.2) is 0 Å². The summed E-state index contributed by atoms with van der Waals surface area (Å²) in [5.41, 5.74) is 2.81. The summed E-state index contributed by atoms with van der Waals surface area (Å²) in [4.78, 5) is 12.4. The first-order valence-corrected chi connectivity index (χ1v) is 7.15. The fourth-order valence-electron chi connectivity index (χ4n) is 2.83. The smallest absolute Gasteiger partial charge is 0.251 e. The van der Waals surface area contributed by atoms with Gasteiger partial charge in [-0.2, -0.15) is 0 Å². The summed E-state index contributed by atoms with van der Waals surface area (Å²) in [6, 6.07) is 5.73. The molecule has 0 saturated heterocycles. The number of rotatable bonds is 4. The van der Waals surface area contributed by atoms with E-state index in [0.29, 0.717) is 5.56 Å². The maximum absolute atomic E-state index is 12.4. The molecule has 0 saturated carbocycles. The van der Waals surface area contributed by atoms with Crippen molar-refractivity contribution in [2.45, 2.75) is 53.5 Å². The van der Waals surface area contributed by atoms with Gasteiger partial charge in [0.2, 0.25) is 0 Å². The molecule has 0 heterocycles. The molecule has 3 nitrogen and oxygen atoms in total. The number of anilines is 1. The minimum atomic E-state index is -0.217. The Bertz CT molecular complexity index is 484. The Labute approximate surface area is 123 Å². The van der Waals surface area contributed by atoms with E-state index >= 15 is 0 Å². The molecule has 0 spiro atoms. The van der Waals surface area contributed by atoms with Crippen LogP contribution in [0.25, 0.3) is 0 Å². The van der Waals surface area contributed by atoms with Crippen LogP contribution in [0.1, 0.15) is 57.0 Å². The van der Waals surface area contributed by atoms with Crippen molar-refractivity contribution in [3.63, 3.8) is 0 Å². The second-order valence-electron chi connectivity index (χ2n) is 7.36. The van der Waals surface area contributed by atoms with Crippen LogP contribution in [-0.2, 0) is 0 Å². The minimum absolute atomic E-state index is 0.00926. The molecule has 0 aromatic heterocycles. The van der Waals surface area contributed by atoms with Crippen LogP contribution in [0.3, 0.4) is 0 Å². The number of carbonyl (C=O) groups is 1. The maximum atomic E-state index is 12.4. The summed E-state index contributed by atoms with van der Waals surface area (Å²) in [7, 11) is 1.88. The first-order chi connectivity index (χ1) is 9.04. The van der Waals surface area contributed by atoms with Gasteiger partial charge in [0.1, 0.15) is 0 Å². The minimum Gasteiger partial charge on any atom is -0.388 e. The number of hydrogen-bond donors (Lipinski definition) is 2. The Balaban J connectivity index is 2.83. The summed E-state index contributed by atoms with van der Waals surface area (Å²) < 4.78 is 0. The van der Waals surface area contributed by atoms with Gasteiger partial charge in [0.25, 0.3) is 5.91 Å². The van der Waals surface area contributed by atoms with E-state index in [-0.39, 0.29) is 16.9 Å². The van der Waals surface area contributed by atoms with E-state index in [1.54, 1.807) is 0 Å². The maximum Gasteiger partial charge on any atom is 0.251 e. The molecule has 0 aliphatic heterocycles. The molecule has 1 aromatic carbocycles. The van der Waals surface area contributed by atoms with Gasteiger partial charge in [-0.25, -0.2) is 0 Å². The van der Waals surface area contributed by atoms with E-state index in [4.69, 9.17) is 0 Å². The molecule has 1 amide bonds. The normalized spacial score (nSPS) is 12.2. The number of benzene rings is 1. The highest BCUT2D eigenvalue weighted by atomic mass is 16.1. The molecule has 0 fully saturated rings. The van der Waals surface area contributed by atoms with Crippen LogP contribution in [0.15, 0.2) is 18.2 Å². The van der Waals surface area contributed by atoms with E-state index < -0.39 is 0 Å². The number of hydrogen-bond acceptors (Lipinski definition) is 2. The average molecular weight is 276 g/mol. The Morgan fingerprint density at radius 1 is 1.15 bits per heavy atom. The van der Waals surface area contributed by atoms with Crippen molar-refractivity contribution in [1.29, 1.82) is 0 Å². The van der Waals surface area contributed by atoms with Crippen molar-refractivity contribution in [2.24, 2.45) is 5.41 Å². The van der Waals surface area contributed by atoms with E-state index in [1.807, 2.05) is 32.2 Å². The number of carbonyl (C=O) groups excluding carboxylic acids is 1. The molecule has 3 heteroatoms. The van der Waals surface area contributed by atoms with Crippen molar-refractivity contribution in [2.75, 3.05) is 12.4 Å². The van der Waals surface area contributed by atoms with Gasteiger partial charge >= 0.3 is 0 Å². The molecule has 0 aliphatic rings. The van der Waals surface area contributed by atoms with Gasteiger partial charge in [-0.1, -0.05) is 20.8 Å². The average Bonchev–Trinajstić information content (AvgIpc) is 2.24. The first-order valence-electron chi connectivity index (χ1n) is 7.15. The second-order valence-corrected chi connectivity index (χ2v) is 7.36. The van der Waals surface area contributed by atoms with Gasteiger partial charge in [-0.05, 0) is 56.4 Å². The third-order valence-electron chi connectivity index (χ3n) is 3.18. The third kappa shape index (κ3) is 4.87. The Morgan fingerprint density at radius 3 is 2.20 bits per heavy atom. The van der Waals surface area contributed by atoms with Crippen LogP contribution in [0.4, 0.5) is 5.69 Å². The quantitative estimate of drug-likeness (QED) is 0.873. The van der Waals surface area contributed by atoms with E-state index in [2.05, 4.69) is 45.3 Å². The van der Waals surface area contributed by atoms with Crippen molar-refractivity contribution in [1.82, 2.24) is 5.32 Å². The molecule has 112 valence electrons. The van der Waals surface area contributed by atoms with E-state index in [9.17, 15) is 4.79 Å². The standard InChI is InChI=1S/C17H28N2O/c1-12-10-13(8-9-14(12)18-7)15(20)19-17(5,6)11-16(2,3)4/h8-10,18H,11H2,1-7H3,(H,19,20). The second kappa shape index (κ2) is 5.86. The molecular weight excluding hydrogens is 248 g/mol. The largest absolute Gasteiger partial charge is 0.388 e. The lowest BCUT2D eigenvalue weighted by atomic mass is 9.81. The number of amides is 1. The summed E-state index contributed by atoms with van der Waals surface area (Å²) in [5.74, 6) is -0.00926. The number of nitrogens with one attached hydrogen (secondary N) is 2. The van der Waals surface area contributed by atoms with Gasteiger partial charge in [0, 0.05) is 23.8 Å². The third-order valence-corrected chi connectivity index (χ3v) is 3.18. The predicted molar refractivity (Wildman–Crippen MR) is 86.3 cm³/mol. The van der Waals surface area contributed by atoms with Gasteiger partial charge in [-0.3, -0.25) is 4.79 Å². The molecule has 0 atom stereocenters. The lowest BCUT2D eigenvalue weighted by Gasteiger charge is -2.33. The lowest BCUT2D eigenvalue weighted by molar-refractivity contribution is 0.0891. The molecule has 1 rings (SSSR count). The zero-order valence-electron chi connectivity index (χ0n) is 13.8. The fourth-order valence-corrected chi connectivity index (χ4v) is 2.83. The summed E-state index contributed by atoms with van der Waals surface area (Å²) in [6.45, 7) is 12.7. The topological polar surface area (TPSA) is 41.1 Å². The Morgan fingerprint density at radius 2 is 1.75 bits per heavy atom. The van der Waals surface area contributed by atoms with Crippen LogP contribution in [0.5, 0.6) is 0 Å². The van der Waals surface area contributed by atoms with E-state index in [0.717, 1.165) is 17.7 Å². The SMILES string of the molecule is CNc1ccc(C(=O)NC(C)(C)CC(C)(C)C)cc1C. The van der Waals surface area contributed by atoms with Crippen molar-refractivity contribution in [3.8, 4) is 0 Å². The molecule has 20 heavy (non-hydrogen) atoms. The van der Waals surface area contributed by atoms with Gasteiger partial charge < -0.3 is 10.6 Å². The molecular formula is C17H28N2O. The molecule has 0 radical (unpaired) electrons. The monoisotopic (exact) mass is 276 g/mol. The van der Waals surface area contributed by atoms with Crippen LogP contribution < -0.4 is 10.6 Å². The molecule has 2 N–H and O–H groups in total. The first kappa shape index (κ1) is 16.5. The Kier molecular flexibility index (Phi) is 4.85. The number of aryl methyl sites for hydroxylation is 1. The highest BCUT2D eigenvalue weighted by Crippen LogP contribution is 2.27. The van der Waals surface area contributed by atoms with Crippen molar-refractivity contribution in [3.05, 3.63) is 29.3 Å².